The number of rotatable bonds is 4. The molecule has 0 aliphatic heterocycles. The van der Waals surface area contributed by atoms with Crippen LogP contribution in [0.4, 0.5) is 0 Å². The van der Waals surface area contributed by atoms with Gasteiger partial charge in [0.15, 0.2) is 5.78 Å². The third-order valence-electron chi connectivity index (χ3n) is 2.30. The van der Waals surface area contributed by atoms with E-state index in [0.717, 1.165) is 20.8 Å². The monoisotopic (exact) mass is 345 g/mol. The van der Waals surface area contributed by atoms with Crippen LogP contribution in [0.2, 0.25) is 0 Å². The topological polar surface area (TPSA) is 39.2 Å². The Kier molecular flexibility index (Phi) is 4.37. The predicted octanol–water partition coefficient (Wildman–Crippen LogP) is 4.00. The molecule has 1 heterocycles. The maximum Gasteiger partial charge on any atom is 0.196 e. The number of thiazole rings is 1. The molecule has 0 saturated heterocycles. The number of hydrogen-bond acceptors (Lipinski definition) is 4. The molecule has 0 unspecified atom stereocenters. The molecule has 18 heavy (non-hydrogen) atoms. The number of Topliss-reactive ketones (excluding diaryl/α,β-unsaturated/α-hetero) is 1. The van der Waals surface area contributed by atoms with Crippen molar-refractivity contribution in [3.05, 3.63) is 33.7 Å². The minimum Gasteiger partial charge on any atom is -0.496 e. The average Bonchev–Trinajstić information content (AvgIpc) is 2.87. The summed E-state index contributed by atoms with van der Waals surface area (Å²) in [6.07, 6.45) is 0. The number of methoxy groups -OCH3 is 1. The van der Waals surface area contributed by atoms with E-state index in [9.17, 15) is 4.79 Å². The molecule has 0 fully saturated rings. The van der Waals surface area contributed by atoms with Crippen LogP contribution in [-0.4, -0.2) is 23.8 Å². The van der Waals surface area contributed by atoms with Gasteiger partial charge in [0.1, 0.15) is 16.5 Å². The van der Waals surface area contributed by atoms with Crippen molar-refractivity contribution in [2.75, 3.05) is 13.0 Å². The number of carbonyl (C=O) groups excluding carboxylic acids is 1. The molecule has 3 nitrogen and oxygen atoms in total. The average molecular weight is 347 g/mol. The van der Waals surface area contributed by atoms with Crippen molar-refractivity contribution >= 4 is 44.7 Å². The number of nitrogens with zero attached hydrogens (tertiary/aromatic N) is 1. The minimum absolute atomic E-state index is 0.0568. The van der Waals surface area contributed by atoms with Gasteiger partial charge in [0.2, 0.25) is 0 Å². The lowest BCUT2D eigenvalue weighted by Gasteiger charge is -2.05. The molecule has 2 rings (SSSR count). The number of hydrogen-bond donors (Lipinski definition) is 0. The number of benzene rings is 1. The summed E-state index contributed by atoms with van der Waals surface area (Å²) >= 11 is 10.3. The largest absolute Gasteiger partial charge is 0.496 e. The number of alkyl halides is 1. The zero-order valence-electron chi connectivity index (χ0n) is 9.44. The van der Waals surface area contributed by atoms with Gasteiger partial charge in [0.05, 0.1) is 18.6 Å². The van der Waals surface area contributed by atoms with Crippen LogP contribution in [0.3, 0.4) is 0 Å². The van der Waals surface area contributed by atoms with Gasteiger partial charge in [-0.3, -0.25) is 4.79 Å². The van der Waals surface area contributed by atoms with Crippen molar-refractivity contribution < 1.29 is 9.53 Å². The van der Waals surface area contributed by atoms with E-state index in [1.165, 1.54) is 11.3 Å². The van der Waals surface area contributed by atoms with Crippen LogP contribution in [0.15, 0.2) is 28.1 Å². The second-order valence-corrected chi connectivity index (χ2v) is 5.48. The Balaban J connectivity index is 2.45. The van der Waals surface area contributed by atoms with Gasteiger partial charge in [-0.15, -0.1) is 22.9 Å². The first-order valence-electron chi connectivity index (χ1n) is 5.04. The third-order valence-corrected chi connectivity index (χ3v) is 3.91. The van der Waals surface area contributed by atoms with E-state index in [0.29, 0.717) is 5.69 Å². The van der Waals surface area contributed by atoms with Crippen LogP contribution in [0.1, 0.15) is 10.5 Å². The highest BCUT2D eigenvalue weighted by molar-refractivity contribution is 9.10. The van der Waals surface area contributed by atoms with Crippen LogP contribution >= 0.6 is 38.9 Å². The molecule has 1 aromatic carbocycles. The zero-order chi connectivity index (χ0) is 13.1. The van der Waals surface area contributed by atoms with Crippen LogP contribution < -0.4 is 4.74 Å². The second-order valence-electron chi connectivity index (χ2n) is 3.44. The minimum atomic E-state index is -0.173. The van der Waals surface area contributed by atoms with Gasteiger partial charge in [-0.1, -0.05) is 15.9 Å². The van der Waals surface area contributed by atoms with E-state index in [1.807, 2.05) is 18.2 Å². The summed E-state index contributed by atoms with van der Waals surface area (Å²) < 4.78 is 6.22. The SMILES string of the molecule is COc1ccc(Br)cc1-c1nc(C(=O)CCl)cs1. The zero-order valence-corrected chi connectivity index (χ0v) is 12.6. The van der Waals surface area contributed by atoms with Crippen molar-refractivity contribution in [1.82, 2.24) is 4.98 Å². The lowest BCUT2D eigenvalue weighted by Crippen LogP contribution is -2.00. The van der Waals surface area contributed by atoms with Gasteiger partial charge < -0.3 is 4.74 Å². The molecule has 2 aromatic rings. The van der Waals surface area contributed by atoms with Crippen LogP contribution in [0, 0.1) is 0 Å². The van der Waals surface area contributed by atoms with Crippen LogP contribution in [0.5, 0.6) is 5.75 Å². The summed E-state index contributed by atoms with van der Waals surface area (Å²) in [7, 11) is 1.60. The summed E-state index contributed by atoms with van der Waals surface area (Å²) in [5, 5.41) is 2.45. The predicted molar refractivity (Wildman–Crippen MR) is 76.9 cm³/mol. The quantitative estimate of drug-likeness (QED) is 0.620. The van der Waals surface area contributed by atoms with Gasteiger partial charge in [0, 0.05) is 9.85 Å². The summed E-state index contributed by atoms with van der Waals surface area (Å²) in [5.41, 5.74) is 1.25. The Bertz CT molecular complexity index is 585. The Hall–Kier alpha value is -0.910. The lowest BCUT2D eigenvalue weighted by atomic mass is 10.2. The summed E-state index contributed by atoms with van der Waals surface area (Å²) in [4.78, 5) is 15.7. The Morgan fingerprint density at radius 1 is 1.56 bits per heavy atom. The van der Waals surface area contributed by atoms with Crippen molar-refractivity contribution in [2.45, 2.75) is 0 Å². The molecule has 94 valence electrons. The van der Waals surface area contributed by atoms with Crippen LogP contribution in [0.25, 0.3) is 10.6 Å². The molecule has 0 aliphatic carbocycles. The number of aromatic nitrogens is 1. The van der Waals surface area contributed by atoms with E-state index in [4.69, 9.17) is 16.3 Å². The van der Waals surface area contributed by atoms with E-state index in [-0.39, 0.29) is 11.7 Å². The fourth-order valence-corrected chi connectivity index (χ4v) is 2.78. The molecule has 0 saturated carbocycles. The van der Waals surface area contributed by atoms with E-state index < -0.39 is 0 Å². The van der Waals surface area contributed by atoms with Gasteiger partial charge >= 0.3 is 0 Å². The number of ketones is 1. The number of ether oxygens (including phenoxy) is 1. The summed E-state index contributed by atoms with van der Waals surface area (Å²) in [6.45, 7) is 0. The smallest absolute Gasteiger partial charge is 0.196 e. The third kappa shape index (κ3) is 2.74. The fraction of sp³-hybridized carbons (Fsp3) is 0.167. The van der Waals surface area contributed by atoms with E-state index >= 15 is 0 Å². The highest BCUT2D eigenvalue weighted by atomic mass is 79.9. The molecule has 0 amide bonds. The molecule has 0 N–H and O–H groups in total. The standard InChI is InChI=1S/C12H9BrClNO2S/c1-17-11-3-2-7(13)4-8(11)12-15-9(6-18-12)10(16)5-14/h2-4,6H,5H2,1H3. The molecule has 0 bridgehead atoms. The molecular formula is C12H9BrClNO2S. The van der Waals surface area contributed by atoms with E-state index in [1.54, 1.807) is 12.5 Å². The van der Waals surface area contributed by atoms with Crippen molar-refractivity contribution in [3.63, 3.8) is 0 Å². The summed E-state index contributed by atoms with van der Waals surface area (Å²) in [5.74, 6) is 0.490. The van der Waals surface area contributed by atoms with E-state index in [2.05, 4.69) is 20.9 Å². The maximum atomic E-state index is 11.5. The first kappa shape index (κ1) is 13.5. The molecule has 0 aliphatic rings. The first-order chi connectivity index (χ1) is 8.65. The van der Waals surface area contributed by atoms with Gasteiger partial charge in [0.25, 0.3) is 0 Å². The van der Waals surface area contributed by atoms with Gasteiger partial charge in [-0.2, -0.15) is 0 Å². The van der Waals surface area contributed by atoms with Crippen molar-refractivity contribution in [3.8, 4) is 16.3 Å². The second kappa shape index (κ2) is 5.82. The lowest BCUT2D eigenvalue weighted by molar-refractivity contribution is 0.101. The number of carbonyl (C=O) groups is 1. The Morgan fingerprint density at radius 3 is 3.00 bits per heavy atom. The summed E-state index contributed by atoms with van der Waals surface area (Å²) in [6, 6.07) is 5.65. The Morgan fingerprint density at radius 2 is 2.33 bits per heavy atom. The van der Waals surface area contributed by atoms with Crippen molar-refractivity contribution in [1.29, 1.82) is 0 Å². The Labute approximate surface area is 122 Å². The highest BCUT2D eigenvalue weighted by Gasteiger charge is 2.14. The van der Waals surface area contributed by atoms with Crippen LogP contribution in [-0.2, 0) is 0 Å². The molecule has 0 spiro atoms. The first-order valence-corrected chi connectivity index (χ1v) is 7.25. The van der Waals surface area contributed by atoms with Crippen molar-refractivity contribution in [2.24, 2.45) is 0 Å². The maximum absolute atomic E-state index is 11.5. The molecule has 1 aromatic heterocycles. The highest BCUT2D eigenvalue weighted by Crippen LogP contribution is 2.34. The molecule has 6 heteroatoms. The molecule has 0 atom stereocenters. The molecular weight excluding hydrogens is 338 g/mol. The molecule has 0 radical (unpaired) electrons. The van der Waals surface area contributed by atoms with Gasteiger partial charge in [-0.25, -0.2) is 4.98 Å². The van der Waals surface area contributed by atoms with Gasteiger partial charge in [-0.05, 0) is 18.2 Å². The fourth-order valence-electron chi connectivity index (χ4n) is 1.44. The number of halogens is 2. The normalized spacial score (nSPS) is 10.4.